The molecule has 0 bridgehead atoms. The van der Waals surface area contributed by atoms with E-state index in [1.54, 1.807) is 56.3 Å². The summed E-state index contributed by atoms with van der Waals surface area (Å²) in [6.45, 7) is 11.3. The molecule has 5 heterocycles. The van der Waals surface area contributed by atoms with Gasteiger partial charge in [-0.1, -0.05) is 158 Å². The molecule has 5 heteroatoms. The number of benzene rings is 5. The second-order valence-corrected chi connectivity index (χ2v) is 27.6. The third kappa shape index (κ3) is 18.9. The summed E-state index contributed by atoms with van der Waals surface area (Å²) in [5.74, 6) is -0.150. The summed E-state index contributed by atoms with van der Waals surface area (Å²) in [6.07, 6.45) is 15.7. The van der Waals surface area contributed by atoms with Gasteiger partial charge in [-0.15, -0.1) is 0 Å². The average molecular weight is 1300 g/mol. The Morgan fingerprint density at radius 2 is 0.677 bits per heavy atom. The lowest BCUT2D eigenvalue weighted by atomic mass is 9.92. The topological polar surface area (TPSA) is 19.4 Å². The first-order valence-electron chi connectivity index (χ1n) is 43.5. The smallest absolute Gasteiger partial charge is 0.201 e. The highest BCUT2D eigenvalue weighted by molar-refractivity contribution is 5.65. The van der Waals surface area contributed by atoms with Crippen LogP contribution in [-0.2, 0) is 48.0 Å². The van der Waals surface area contributed by atoms with Crippen molar-refractivity contribution in [1.29, 1.82) is 0 Å². The van der Waals surface area contributed by atoms with E-state index in [4.69, 9.17) is 24.7 Å². The van der Waals surface area contributed by atoms with Crippen LogP contribution in [0.5, 0.6) is 0 Å². The van der Waals surface area contributed by atoms with Crippen LogP contribution in [0, 0.1) is 80.7 Å². The van der Waals surface area contributed by atoms with Gasteiger partial charge in [-0.25, -0.2) is 22.8 Å². The van der Waals surface area contributed by atoms with E-state index in [2.05, 4.69) is 96.1 Å². The molecule has 0 atom stereocenters. The molecule has 10 aromatic rings. The van der Waals surface area contributed by atoms with E-state index in [1.165, 1.54) is 35.1 Å². The van der Waals surface area contributed by atoms with Crippen LogP contribution in [0.15, 0.2) is 183 Å². The van der Waals surface area contributed by atoms with Crippen molar-refractivity contribution in [1.82, 2.24) is 0 Å². The van der Waals surface area contributed by atoms with Gasteiger partial charge < -0.3 is 0 Å². The van der Waals surface area contributed by atoms with Gasteiger partial charge in [0.15, 0.2) is 31.0 Å². The molecule has 2 aliphatic carbocycles. The van der Waals surface area contributed by atoms with E-state index in [-0.39, 0.29) is 23.0 Å². The summed E-state index contributed by atoms with van der Waals surface area (Å²) in [5, 5.41) is 0. The van der Waals surface area contributed by atoms with Gasteiger partial charge in [0.25, 0.3) is 0 Å². The van der Waals surface area contributed by atoms with Crippen molar-refractivity contribution in [2.45, 2.75) is 192 Å². The van der Waals surface area contributed by atoms with E-state index >= 15 is 0 Å². The minimum atomic E-state index is -2.36. The first-order valence-corrected chi connectivity index (χ1v) is 34.5. The maximum absolute atomic E-state index is 8.87. The minimum absolute atomic E-state index is 0.0704. The zero-order valence-corrected chi connectivity index (χ0v) is 60.2. The van der Waals surface area contributed by atoms with Gasteiger partial charge in [-0.3, -0.25) is 0 Å². The lowest BCUT2D eigenvalue weighted by Gasteiger charge is -2.14. The zero-order valence-electron chi connectivity index (χ0n) is 78.2. The summed E-state index contributed by atoms with van der Waals surface area (Å²) in [7, 11) is 9.44. The van der Waals surface area contributed by atoms with Gasteiger partial charge >= 0.3 is 0 Å². The molecule has 2 aliphatic rings. The Morgan fingerprint density at radius 3 is 1.04 bits per heavy atom. The number of aryl methyl sites for hydroxylation is 15. The molecule has 0 aliphatic heterocycles. The van der Waals surface area contributed by atoms with E-state index in [9.17, 15) is 0 Å². The summed E-state index contributed by atoms with van der Waals surface area (Å²) < 4.78 is 153. The maximum atomic E-state index is 8.87. The van der Waals surface area contributed by atoms with Crippen LogP contribution < -0.4 is 22.8 Å². The molecule has 0 unspecified atom stereocenters. The van der Waals surface area contributed by atoms with Crippen molar-refractivity contribution >= 4 is 0 Å². The van der Waals surface area contributed by atoms with E-state index in [0.717, 1.165) is 123 Å². The molecule has 2 saturated carbocycles. The van der Waals surface area contributed by atoms with Crippen LogP contribution in [-0.4, -0.2) is 0 Å². The molecular formula is C91H118N5+5. The van der Waals surface area contributed by atoms with E-state index < -0.39 is 46.5 Å². The number of hydrogen-bond acceptors (Lipinski definition) is 0. The molecular weight excluding hydrogens is 1160 g/mol. The van der Waals surface area contributed by atoms with Gasteiger partial charge in [0, 0.05) is 111 Å². The molecule has 0 saturated heterocycles. The van der Waals surface area contributed by atoms with Crippen LogP contribution in [0.3, 0.4) is 0 Å². The molecule has 5 aromatic heterocycles. The Labute approximate surface area is 607 Å². The molecule has 2 fully saturated rings. The molecule has 96 heavy (non-hydrogen) atoms. The number of pyridine rings is 5. The van der Waals surface area contributed by atoms with Crippen LogP contribution in [0.2, 0.25) is 0 Å². The van der Waals surface area contributed by atoms with Crippen LogP contribution in [0.4, 0.5) is 0 Å². The molecule has 0 N–H and O–H groups in total. The zero-order chi connectivity index (χ0) is 84.7. The van der Waals surface area contributed by atoms with Gasteiger partial charge in [0.2, 0.25) is 28.5 Å². The monoisotopic (exact) mass is 1300 g/mol. The largest absolute Gasteiger partial charge is 0.212 e. The van der Waals surface area contributed by atoms with Crippen molar-refractivity contribution in [3.05, 3.63) is 266 Å². The molecule has 0 amide bonds. The van der Waals surface area contributed by atoms with Crippen molar-refractivity contribution < 1.29 is 47.5 Å². The number of nitrogens with zero attached hydrogens (tertiary/aromatic N) is 5. The second kappa shape index (κ2) is 34.2. The molecule has 0 radical (unpaired) electrons. The number of hydrogen-bond donors (Lipinski definition) is 0. The molecule has 502 valence electrons. The lowest BCUT2D eigenvalue weighted by Crippen LogP contribution is -2.32. The first kappa shape index (κ1) is 52.0. The van der Waals surface area contributed by atoms with Crippen LogP contribution in [0.1, 0.15) is 219 Å². The summed E-state index contributed by atoms with van der Waals surface area (Å²) in [6, 6.07) is 50.4. The minimum Gasteiger partial charge on any atom is -0.201 e. The van der Waals surface area contributed by atoms with Crippen LogP contribution >= 0.6 is 0 Å². The second-order valence-electron chi connectivity index (χ2n) is 27.6. The van der Waals surface area contributed by atoms with Gasteiger partial charge in [-0.2, -0.15) is 0 Å². The molecule has 5 nitrogen and oxygen atoms in total. The van der Waals surface area contributed by atoms with Gasteiger partial charge in [0.05, 0.1) is 0 Å². The van der Waals surface area contributed by atoms with Crippen molar-refractivity contribution in [2.24, 2.45) is 47.1 Å². The van der Waals surface area contributed by atoms with E-state index in [1.807, 2.05) is 164 Å². The fourth-order valence-corrected chi connectivity index (χ4v) is 13.4. The normalized spacial score (nSPS) is 16.9. The van der Waals surface area contributed by atoms with Gasteiger partial charge in [0.1, 0.15) is 35.2 Å². The lowest BCUT2D eigenvalue weighted by molar-refractivity contribution is -0.661. The maximum Gasteiger partial charge on any atom is 0.212 e. The van der Waals surface area contributed by atoms with Crippen molar-refractivity contribution in [3.63, 3.8) is 0 Å². The highest BCUT2D eigenvalue weighted by Crippen LogP contribution is 2.39. The SMILES string of the molecule is [2H]C([2H])([2H])c1c[n+](C)c(-c2ccccc2C)cc1C(C)C.[2H]C([2H])([2H])c1c[n+](C)c(-c2ccccc2C)cc1C([2H])([2H])C(C)C.[2H]C([2H])([2H])c1c[n+](C)c(-c2ccccc2C)cc1C1([2H])CCCC1.[2H]C([2H])([2H])c1c[n+](C)c(-c2ccccc2C)cc1C1CCCC1.[2H]C([2H])([2H])c1c[n+](C)c(-c2ccccc2C)cc1CC(C)C. The Balaban J connectivity index is 0.000000179. The Hall–Kier alpha value is -8.15. The summed E-state index contributed by atoms with van der Waals surface area (Å²) in [4.78, 5) is 0. The third-order valence-corrected chi connectivity index (χ3v) is 18.7. The Kier molecular flexibility index (Phi) is 18.5. The molecule has 5 aromatic carbocycles. The number of rotatable bonds is 12. The Morgan fingerprint density at radius 1 is 0.365 bits per heavy atom. The Bertz CT molecular complexity index is 4880. The fraction of sp³-hybridized carbons (Fsp3) is 0.396. The third-order valence-electron chi connectivity index (χ3n) is 18.7. The molecule has 12 rings (SSSR count). The number of aromatic nitrogens is 5. The highest BCUT2D eigenvalue weighted by Gasteiger charge is 2.26. The van der Waals surface area contributed by atoms with Crippen molar-refractivity contribution in [2.75, 3.05) is 0 Å². The average Bonchev–Trinajstić information content (AvgIpc) is 1.16. The van der Waals surface area contributed by atoms with Gasteiger partial charge in [-0.05, 0) is 223 Å². The predicted octanol–water partition coefficient (Wildman–Crippen LogP) is 20.8. The summed E-state index contributed by atoms with van der Waals surface area (Å²) in [5.41, 5.74) is 21.8. The van der Waals surface area contributed by atoms with Crippen LogP contribution in [0.25, 0.3) is 56.3 Å². The van der Waals surface area contributed by atoms with Crippen molar-refractivity contribution in [3.8, 4) is 56.3 Å². The predicted molar refractivity (Wildman–Crippen MR) is 406 cm³/mol. The highest BCUT2D eigenvalue weighted by atomic mass is 14.9. The first-order chi connectivity index (χ1) is 53.0. The molecule has 0 spiro atoms. The standard InChI is InChI=1S/2C19H24N.2C18H24N.C17H22N/c2*1-14-8-4-7-11-17(14)19-12-18(15(2)13-20(19)3)16-9-5-6-10-16;2*1-13(2)10-16-11-18(19(5)12-15(16)4)17-9-7-6-8-14(17)3;1-12(2)16-10-17(18(5)11-14(16)4)15-9-7-6-8-13(15)3/h2*4,7-8,11-13,16H,5-6,9-10H2,1-3H3;2*6-9,11-13H,10H2,1-5H3;6-12H,1-5H3/q5*+1/i2D3,16D;2D3;4D3,10D2;2*4D3. The summed E-state index contributed by atoms with van der Waals surface area (Å²) >= 11 is 0. The van der Waals surface area contributed by atoms with E-state index in [0.29, 0.717) is 39.7 Å². The quantitative estimate of drug-likeness (QED) is 0.109. The fourth-order valence-electron chi connectivity index (χ4n) is 13.4.